The molecule has 30 valence electrons. The largest absolute Gasteiger partial charge is 0.353 e. The Kier molecular flexibility index (Phi) is 3.63. The maximum Gasteiger partial charge on any atom is 0.254 e. The maximum atomic E-state index is 7.89. The molecular formula is C3H7O2+. The molecule has 5 heavy (non-hydrogen) atoms. The van der Waals surface area contributed by atoms with Gasteiger partial charge < -0.3 is 5.11 Å². The number of aliphatic hydroxyl groups is 1. The van der Waals surface area contributed by atoms with Crippen LogP contribution in [0.4, 0.5) is 0 Å². The van der Waals surface area contributed by atoms with Crippen molar-refractivity contribution in [2.45, 2.75) is 0 Å². The summed E-state index contributed by atoms with van der Waals surface area (Å²) in [6, 6.07) is 0. The predicted octanol–water partition coefficient (Wildman–Crippen LogP) is -0.213. The zero-order chi connectivity index (χ0) is 4.12. The Balaban J connectivity index is 2.19. The van der Waals surface area contributed by atoms with Crippen LogP contribution in [0.25, 0.3) is 0 Å². The van der Waals surface area contributed by atoms with Crippen molar-refractivity contribution in [1.29, 1.82) is 0 Å². The van der Waals surface area contributed by atoms with Crippen molar-refractivity contribution in [3.05, 3.63) is 6.61 Å². The predicted molar refractivity (Wildman–Crippen MR) is 18.4 cm³/mol. The Labute approximate surface area is 31.4 Å². The van der Waals surface area contributed by atoms with Gasteiger partial charge in [0.05, 0.1) is 7.11 Å². The molecule has 1 N–H and O–H groups in total. The van der Waals surface area contributed by atoms with E-state index in [2.05, 4.69) is 4.74 Å². The number of methoxy groups -OCH3 is 1. The first-order valence-electron chi connectivity index (χ1n) is 1.37. The van der Waals surface area contributed by atoms with Crippen LogP contribution < -0.4 is 0 Å². The Bertz CT molecular complexity index is 12.4. The topological polar surface area (TPSA) is 29.5 Å². The van der Waals surface area contributed by atoms with Gasteiger partial charge in [0.15, 0.2) is 0 Å². The summed E-state index contributed by atoms with van der Waals surface area (Å²) in [6.45, 7) is 1.30. The molecule has 0 amide bonds. The highest BCUT2D eigenvalue weighted by atomic mass is 16.5. The van der Waals surface area contributed by atoms with Crippen LogP contribution >= 0.6 is 0 Å². The molecule has 0 saturated heterocycles. The van der Waals surface area contributed by atoms with Gasteiger partial charge in [0, 0.05) is 0 Å². The number of ether oxygens (including phenoxy) is 1. The third kappa shape index (κ3) is 3.79. The highest BCUT2D eigenvalue weighted by Crippen LogP contribution is 1.66. The van der Waals surface area contributed by atoms with Crippen molar-refractivity contribution in [2.75, 3.05) is 13.7 Å². The molecule has 0 spiro atoms. The van der Waals surface area contributed by atoms with Gasteiger partial charge in [-0.1, -0.05) is 0 Å². The van der Waals surface area contributed by atoms with E-state index in [1.54, 1.807) is 0 Å². The van der Waals surface area contributed by atoms with Crippen LogP contribution in [-0.2, 0) is 4.74 Å². The minimum Gasteiger partial charge on any atom is -0.353 e. The molecule has 0 atom stereocenters. The lowest BCUT2D eigenvalue weighted by molar-refractivity contribution is 0.197. The lowest BCUT2D eigenvalue weighted by atomic mass is 10.8. The van der Waals surface area contributed by atoms with Crippen LogP contribution in [0.3, 0.4) is 0 Å². The third-order valence-corrected chi connectivity index (χ3v) is 0.241. The minimum atomic E-state index is -0.00347. The molecule has 0 radical (unpaired) electrons. The summed E-state index contributed by atoms with van der Waals surface area (Å²) in [7, 11) is 1.50. The van der Waals surface area contributed by atoms with Crippen LogP contribution in [0, 0.1) is 6.61 Å². The summed E-state index contributed by atoms with van der Waals surface area (Å²) in [5, 5.41) is 7.89. The summed E-state index contributed by atoms with van der Waals surface area (Å²) in [6.07, 6.45) is 0. The van der Waals surface area contributed by atoms with Gasteiger partial charge in [-0.25, -0.2) is 0 Å². The van der Waals surface area contributed by atoms with Crippen molar-refractivity contribution in [3.8, 4) is 0 Å². The van der Waals surface area contributed by atoms with Crippen LogP contribution in [0.15, 0.2) is 0 Å². The highest BCUT2D eigenvalue weighted by molar-refractivity contribution is 4.37. The van der Waals surface area contributed by atoms with Gasteiger partial charge in [-0.2, -0.15) is 4.74 Å². The number of aliphatic hydroxyl groups excluding tert-OH is 1. The molecule has 0 aliphatic heterocycles. The van der Waals surface area contributed by atoms with E-state index in [1.807, 2.05) is 0 Å². The van der Waals surface area contributed by atoms with Crippen LogP contribution in [0.5, 0.6) is 0 Å². The Hall–Kier alpha value is -0.210. The monoisotopic (exact) mass is 75.0 g/mol. The lowest BCUT2D eigenvalue weighted by Crippen LogP contribution is -1.82. The van der Waals surface area contributed by atoms with Crippen molar-refractivity contribution in [3.63, 3.8) is 0 Å². The molecule has 0 aliphatic carbocycles. The Morgan fingerprint density at radius 2 is 2.60 bits per heavy atom. The summed E-state index contributed by atoms with van der Waals surface area (Å²) >= 11 is 0. The van der Waals surface area contributed by atoms with Crippen molar-refractivity contribution < 1.29 is 9.84 Å². The van der Waals surface area contributed by atoms with Gasteiger partial charge in [0.1, 0.15) is 0 Å². The molecule has 0 saturated carbocycles. The zero-order valence-corrected chi connectivity index (χ0v) is 3.14. The van der Waals surface area contributed by atoms with E-state index in [4.69, 9.17) is 5.11 Å². The van der Waals surface area contributed by atoms with Crippen molar-refractivity contribution in [1.82, 2.24) is 0 Å². The van der Waals surface area contributed by atoms with E-state index in [9.17, 15) is 0 Å². The fraction of sp³-hybridized carbons (Fsp3) is 0.667. The fourth-order valence-corrected chi connectivity index (χ4v) is 0.0745. The van der Waals surface area contributed by atoms with Crippen molar-refractivity contribution >= 4 is 0 Å². The molecular weight excluding hydrogens is 68.0 g/mol. The second kappa shape index (κ2) is 3.79. The molecule has 0 aromatic heterocycles. The lowest BCUT2D eigenvalue weighted by Gasteiger charge is -1.69. The van der Waals surface area contributed by atoms with Gasteiger partial charge >= 0.3 is 0 Å². The fourth-order valence-electron chi connectivity index (χ4n) is 0.0745. The van der Waals surface area contributed by atoms with Gasteiger partial charge in [0.25, 0.3) is 6.61 Å². The molecule has 2 nitrogen and oxygen atoms in total. The third-order valence-electron chi connectivity index (χ3n) is 0.241. The quantitative estimate of drug-likeness (QED) is 0.460. The van der Waals surface area contributed by atoms with Crippen LogP contribution in [-0.4, -0.2) is 18.8 Å². The molecule has 0 heterocycles. The van der Waals surface area contributed by atoms with Gasteiger partial charge in [-0.05, 0) is 0 Å². The number of hydrogen-bond acceptors (Lipinski definition) is 2. The Morgan fingerprint density at radius 3 is 2.60 bits per heavy atom. The van der Waals surface area contributed by atoms with Crippen LogP contribution in [0.2, 0.25) is 0 Å². The second-order valence-corrected chi connectivity index (χ2v) is 0.585. The average Bonchev–Trinajstić information content (AvgIpc) is 1.41. The molecule has 0 aliphatic rings. The number of rotatable bonds is 2. The Morgan fingerprint density at radius 1 is 2.00 bits per heavy atom. The second-order valence-electron chi connectivity index (χ2n) is 0.585. The van der Waals surface area contributed by atoms with Crippen LogP contribution in [0.1, 0.15) is 0 Å². The first-order chi connectivity index (χ1) is 2.41. The van der Waals surface area contributed by atoms with E-state index in [0.29, 0.717) is 0 Å². The number of hydrogen-bond donors (Lipinski definition) is 1. The highest BCUT2D eigenvalue weighted by Gasteiger charge is 1.82. The maximum absolute atomic E-state index is 7.89. The van der Waals surface area contributed by atoms with E-state index >= 15 is 0 Å². The standard InChI is InChI=1S/C3H7O2/c1-5-3-2-4/h3-4H,2H2,1H3/q+1. The SMILES string of the molecule is CO[CH+]CO. The summed E-state index contributed by atoms with van der Waals surface area (Å²) in [4.78, 5) is 0. The molecule has 0 unspecified atom stereocenters. The molecule has 0 aromatic carbocycles. The van der Waals surface area contributed by atoms with Crippen molar-refractivity contribution in [2.24, 2.45) is 0 Å². The first kappa shape index (κ1) is 4.79. The van der Waals surface area contributed by atoms with E-state index in [1.165, 1.54) is 13.7 Å². The first-order valence-corrected chi connectivity index (χ1v) is 1.37. The average molecular weight is 75.1 g/mol. The van der Waals surface area contributed by atoms with Gasteiger partial charge in [-0.3, -0.25) is 0 Å². The summed E-state index contributed by atoms with van der Waals surface area (Å²) < 4.78 is 4.32. The summed E-state index contributed by atoms with van der Waals surface area (Å²) in [5.74, 6) is 0. The molecule has 0 bridgehead atoms. The van der Waals surface area contributed by atoms with E-state index in [0.717, 1.165) is 0 Å². The minimum absolute atomic E-state index is 0.00347. The zero-order valence-electron chi connectivity index (χ0n) is 3.14. The molecule has 2 heteroatoms. The van der Waals surface area contributed by atoms with Gasteiger partial charge in [-0.15, -0.1) is 0 Å². The molecule has 0 aromatic rings. The van der Waals surface area contributed by atoms with E-state index in [-0.39, 0.29) is 6.61 Å². The smallest absolute Gasteiger partial charge is 0.254 e. The van der Waals surface area contributed by atoms with Gasteiger partial charge in [0.2, 0.25) is 6.61 Å². The molecule has 0 rings (SSSR count). The molecule has 0 fully saturated rings. The van der Waals surface area contributed by atoms with E-state index < -0.39 is 0 Å². The summed E-state index contributed by atoms with van der Waals surface area (Å²) in [5.41, 5.74) is 0. The normalized spacial score (nSPS) is 7.60.